The van der Waals surface area contributed by atoms with Crippen molar-refractivity contribution < 1.29 is 13.2 Å². The average Bonchev–Trinajstić information content (AvgIpc) is 2.90. The van der Waals surface area contributed by atoms with Crippen LogP contribution in [-0.2, 0) is 14.8 Å². The van der Waals surface area contributed by atoms with Gasteiger partial charge in [-0.3, -0.25) is 0 Å². The minimum atomic E-state index is -3.03. The number of nitrogens with zero attached hydrogens (tertiary/aromatic N) is 1. The molecule has 0 radical (unpaired) electrons. The van der Waals surface area contributed by atoms with E-state index in [4.69, 9.17) is 4.74 Å². The van der Waals surface area contributed by atoms with Crippen molar-refractivity contribution in [3.63, 3.8) is 0 Å². The molecule has 5 nitrogen and oxygen atoms in total. The van der Waals surface area contributed by atoms with Gasteiger partial charge in [-0.1, -0.05) is 0 Å². The van der Waals surface area contributed by atoms with Crippen LogP contribution in [0.25, 0.3) is 0 Å². The Morgan fingerprint density at radius 3 is 2.65 bits per heavy atom. The molecular weight excluding hydrogens is 276 g/mol. The van der Waals surface area contributed by atoms with E-state index in [-0.39, 0.29) is 0 Å². The minimum Gasteiger partial charge on any atom is -0.381 e. The van der Waals surface area contributed by atoms with Crippen molar-refractivity contribution in [1.82, 2.24) is 9.62 Å². The number of ether oxygens (including phenoxy) is 1. The molecule has 2 heterocycles. The van der Waals surface area contributed by atoms with E-state index in [2.05, 4.69) is 5.32 Å². The van der Waals surface area contributed by atoms with Crippen LogP contribution in [0.15, 0.2) is 0 Å². The molecule has 3 atom stereocenters. The lowest BCUT2D eigenvalue weighted by Crippen LogP contribution is -2.41. The number of sulfonamides is 1. The van der Waals surface area contributed by atoms with Gasteiger partial charge in [-0.25, -0.2) is 12.7 Å². The van der Waals surface area contributed by atoms with E-state index < -0.39 is 10.0 Å². The van der Waals surface area contributed by atoms with Crippen LogP contribution in [0.2, 0.25) is 0 Å². The summed E-state index contributed by atoms with van der Waals surface area (Å²) in [5, 5.41) is 3.41. The first kappa shape index (κ1) is 16.2. The van der Waals surface area contributed by atoms with Crippen molar-refractivity contribution in [3.8, 4) is 0 Å². The van der Waals surface area contributed by atoms with Gasteiger partial charge < -0.3 is 10.1 Å². The zero-order valence-corrected chi connectivity index (χ0v) is 13.5. The lowest BCUT2D eigenvalue weighted by Gasteiger charge is -2.33. The van der Waals surface area contributed by atoms with Gasteiger partial charge in [0.15, 0.2) is 0 Å². The van der Waals surface area contributed by atoms with Crippen LogP contribution in [0.3, 0.4) is 0 Å². The summed E-state index contributed by atoms with van der Waals surface area (Å²) in [6, 6.07) is 0.478. The Morgan fingerprint density at radius 2 is 2.05 bits per heavy atom. The third-order valence-corrected chi connectivity index (χ3v) is 5.89. The Labute approximate surface area is 123 Å². The maximum absolute atomic E-state index is 11.7. The molecule has 6 heteroatoms. The fourth-order valence-electron chi connectivity index (χ4n) is 3.43. The molecule has 3 unspecified atom stereocenters. The molecule has 2 fully saturated rings. The molecule has 118 valence electrons. The van der Waals surface area contributed by atoms with Gasteiger partial charge in [-0.15, -0.1) is 0 Å². The van der Waals surface area contributed by atoms with Crippen molar-refractivity contribution in [2.24, 2.45) is 11.8 Å². The molecule has 0 amide bonds. The van der Waals surface area contributed by atoms with Gasteiger partial charge in [0.05, 0.1) is 6.26 Å². The molecule has 0 saturated carbocycles. The highest BCUT2D eigenvalue weighted by Gasteiger charge is 2.28. The summed E-state index contributed by atoms with van der Waals surface area (Å²) in [5.41, 5.74) is 0. The van der Waals surface area contributed by atoms with Gasteiger partial charge >= 0.3 is 0 Å². The highest BCUT2D eigenvalue weighted by atomic mass is 32.2. The fraction of sp³-hybridized carbons (Fsp3) is 1.00. The van der Waals surface area contributed by atoms with E-state index in [9.17, 15) is 8.42 Å². The van der Waals surface area contributed by atoms with Gasteiger partial charge in [0.1, 0.15) is 0 Å². The Hall–Kier alpha value is -0.170. The van der Waals surface area contributed by atoms with Crippen LogP contribution >= 0.6 is 0 Å². The summed E-state index contributed by atoms with van der Waals surface area (Å²) >= 11 is 0. The average molecular weight is 304 g/mol. The smallest absolute Gasteiger partial charge is 0.211 e. The third-order valence-electron chi connectivity index (χ3n) is 4.62. The Morgan fingerprint density at radius 1 is 1.30 bits per heavy atom. The van der Waals surface area contributed by atoms with Gasteiger partial charge in [-0.05, 0) is 51.0 Å². The lowest BCUT2D eigenvalue weighted by molar-refractivity contribution is 0.177. The van der Waals surface area contributed by atoms with Crippen molar-refractivity contribution in [2.45, 2.75) is 38.1 Å². The van der Waals surface area contributed by atoms with Crippen LogP contribution < -0.4 is 5.32 Å². The lowest BCUT2D eigenvalue weighted by atomic mass is 9.88. The third kappa shape index (κ3) is 4.69. The molecule has 0 bridgehead atoms. The standard InChI is InChI=1S/C14H28N2O3S/c1-15-14(9-13-5-7-19-11-13)8-12-4-3-6-16(10-12)20(2,17)18/h12-15H,3-11H2,1-2H3. The summed E-state index contributed by atoms with van der Waals surface area (Å²) in [4.78, 5) is 0. The summed E-state index contributed by atoms with van der Waals surface area (Å²) in [6.45, 7) is 3.17. The van der Waals surface area contributed by atoms with Gasteiger partial charge in [0.25, 0.3) is 0 Å². The van der Waals surface area contributed by atoms with E-state index in [0.717, 1.165) is 45.3 Å². The van der Waals surface area contributed by atoms with Crippen molar-refractivity contribution in [1.29, 1.82) is 0 Å². The summed E-state index contributed by atoms with van der Waals surface area (Å²) < 4.78 is 30.4. The fourth-order valence-corrected chi connectivity index (χ4v) is 4.37. The van der Waals surface area contributed by atoms with Crippen LogP contribution in [-0.4, -0.2) is 58.4 Å². The van der Waals surface area contributed by atoms with Crippen molar-refractivity contribution >= 4 is 10.0 Å². The van der Waals surface area contributed by atoms with E-state index in [0.29, 0.717) is 31.0 Å². The first-order valence-electron chi connectivity index (χ1n) is 7.69. The predicted molar refractivity (Wildman–Crippen MR) is 80.1 cm³/mol. The van der Waals surface area contributed by atoms with E-state index in [1.54, 1.807) is 4.31 Å². The molecule has 0 aromatic rings. The zero-order chi connectivity index (χ0) is 14.6. The highest BCUT2D eigenvalue weighted by molar-refractivity contribution is 7.88. The second kappa shape index (κ2) is 7.20. The molecule has 2 saturated heterocycles. The summed E-state index contributed by atoms with van der Waals surface area (Å²) in [6.07, 6.45) is 6.83. The molecule has 0 aromatic heterocycles. The van der Waals surface area contributed by atoms with E-state index in [1.807, 2.05) is 7.05 Å². The molecule has 2 rings (SSSR count). The maximum Gasteiger partial charge on any atom is 0.211 e. The van der Waals surface area contributed by atoms with Gasteiger partial charge in [-0.2, -0.15) is 0 Å². The highest BCUT2D eigenvalue weighted by Crippen LogP contribution is 2.26. The topological polar surface area (TPSA) is 58.6 Å². The minimum absolute atomic E-state index is 0.478. The summed E-state index contributed by atoms with van der Waals surface area (Å²) in [5.74, 6) is 1.15. The first-order valence-corrected chi connectivity index (χ1v) is 9.54. The largest absolute Gasteiger partial charge is 0.381 e. The monoisotopic (exact) mass is 304 g/mol. The van der Waals surface area contributed by atoms with Crippen LogP contribution in [0, 0.1) is 11.8 Å². The van der Waals surface area contributed by atoms with Crippen molar-refractivity contribution in [3.05, 3.63) is 0 Å². The van der Waals surface area contributed by atoms with E-state index >= 15 is 0 Å². The Kier molecular flexibility index (Phi) is 5.84. The van der Waals surface area contributed by atoms with Gasteiger partial charge in [0.2, 0.25) is 10.0 Å². The number of rotatable bonds is 6. The second-order valence-electron chi connectivity index (χ2n) is 6.32. The van der Waals surface area contributed by atoms with Crippen LogP contribution in [0.1, 0.15) is 32.1 Å². The maximum atomic E-state index is 11.7. The second-order valence-corrected chi connectivity index (χ2v) is 8.30. The molecule has 2 aliphatic rings. The zero-order valence-electron chi connectivity index (χ0n) is 12.7. The number of hydrogen-bond donors (Lipinski definition) is 1. The van der Waals surface area contributed by atoms with E-state index in [1.165, 1.54) is 6.26 Å². The molecule has 20 heavy (non-hydrogen) atoms. The molecule has 0 aliphatic carbocycles. The summed E-state index contributed by atoms with van der Waals surface area (Å²) in [7, 11) is -1.02. The van der Waals surface area contributed by atoms with Gasteiger partial charge in [0, 0.05) is 32.3 Å². The molecule has 0 aromatic carbocycles. The normalized spacial score (nSPS) is 30.5. The number of hydrogen-bond acceptors (Lipinski definition) is 4. The van der Waals surface area contributed by atoms with Crippen LogP contribution in [0.5, 0.6) is 0 Å². The molecule has 0 spiro atoms. The first-order chi connectivity index (χ1) is 9.49. The number of piperidine rings is 1. The SMILES string of the molecule is CNC(CC1CCOC1)CC1CCCN(S(C)(=O)=O)C1. The van der Waals surface area contributed by atoms with Crippen molar-refractivity contribution in [2.75, 3.05) is 39.6 Å². The Bertz CT molecular complexity index is 393. The molecular formula is C14H28N2O3S. The molecule has 2 aliphatic heterocycles. The molecule has 1 N–H and O–H groups in total. The predicted octanol–water partition coefficient (Wildman–Crippen LogP) is 1.06. The quantitative estimate of drug-likeness (QED) is 0.797. The number of nitrogens with one attached hydrogen (secondary N) is 1. The Balaban J connectivity index is 1.83. The van der Waals surface area contributed by atoms with Crippen LogP contribution in [0.4, 0.5) is 0 Å².